The minimum atomic E-state index is -0.282. The van der Waals surface area contributed by atoms with E-state index in [0.29, 0.717) is 12.4 Å². The maximum atomic E-state index is 11.4. The van der Waals surface area contributed by atoms with E-state index >= 15 is 0 Å². The van der Waals surface area contributed by atoms with Gasteiger partial charge >= 0.3 is 6.03 Å². The second kappa shape index (κ2) is 7.39. The summed E-state index contributed by atoms with van der Waals surface area (Å²) in [5.74, 6) is 1.18. The minimum absolute atomic E-state index is 0.0117. The van der Waals surface area contributed by atoms with Gasteiger partial charge in [-0.1, -0.05) is 38.5 Å². The fourth-order valence-corrected chi connectivity index (χ4v) is 1.85. The summed E-state index contributed by atoms with van der Waals surface area (Å²) in [5.41, 5.74) is 2.30. The van der Waals surface area contributed by atoms with E-state index < -0.39 is 0 Å². The van der Waals surface area contributed by atoms with Crippen LogP contribution in [0.1, 0.15) is 31.9 Å². The molecule has 0 bridgehead atoms. The number of rotatable bonds is 5. The molecule has 2 amide bonds. The third kappa shape index (κ3) is 5.29. The number of benzene rings is 1. The van der Waals surface area contributed by atoms with Gasteiger partial charge in [-0.2, -0.15) is 0 Å². The Morgan fingerprint density at radius 1 is 1.30 bits per heavy atom. The molecule has 1 aromatic rings. The van der Waals surface area contributed by atoms with Gasteiger partial charge in [-0.3, -0.25) is 0 Å². The van der Waals surface area contributed by atoms with Crippen molar-refractivity contribution in [1.29, 1.82) is 0 Å². The molecule has 0 aliphatic heterocycles. The Labute approximate surface area is 125 Å². The van der Waals surface area contributed by atoms with Crippen LogP contribution in [0.5, 0.6) is 5.75 Å². The van der Waals surface area contributed by atoms with Crippen LogP contribution in [-0.2, 0) is 5.41 Å². The normalized spacial score (nSPS) is 11.1. The number of amides is 2. The molecular formula is C15H23ClN2O2. The van der Waals surface area contributed by atoms with Gasteiger partial charge in [0.15, 0.2) is 6.73 Å². The highest BCUT2D eigenvalue weighted by molar-refractivity contribution is 6.18. The van der Waals surface area contributed by atoms with E-state index in [1.807, 2.05) is 12.1 Å². The highest BCUT2D eigenvalue weighted by Crippen LogP contribution is 2.31. The number of hydrogen-bond acceptors (Lipinski definition) is 2. The number of halogens is 1. The summed E-state index contributed by atoms with van der Waals surface area (Å²) in [6, 6.07) is 5.77. The fraction of sp³-hybridized carbons (Fsp3) is 0.533. The third-order valence-electron chi connectivity index (χ3n) is 2.78. The summed E-state index contributed by atoms with van der Waals surface area (Å²) in [6.07, 6.45) is 0. The highest BCUT2D eigenvalue weighted by Gasteiger charge is 2.19. The molecule has 0 atom stereocenters. The van der Waals surface area contributed by atoms with Gasteiger partial charge in [-0.15, -0.1) is 11.6 Å². The molecule has 1 aromatic carbocycles. The zero-order valence-corrected chi connectivity index (χ0v) is 13.3. The Morgan fingerprint density at radius 3 is 2.60 bits per heavy atom. The number of urea groups is 1. The van der Waals surface area contributed by atoms with Gasteiger partial charge in [-0.05, 0) is 24.0 Å². The van der Waals surface area contributed by atoms with E-state index in [1.54, 1.807) is 0 Å². The smallest absolute Gasteiger partial charge is 0.317 e. The van der Waals surface area contributed by atoms with Crippen molar-refractivity contribution in [2.75, 3.05) is 19.2 Å². The summed E-state index contributed by atoms with van der Waals surface area (Å²) < 4.78 is 5.66. The summed E-state index contributed by atoms with van der Waals surface area (Å²) >= 11 is 5.49. The Morgan fingerprint density at radius 2 is 2.00 bits per heavy atom. The van der Waals surface area contributed by atoms with Gasteiger partial charge in [0.2, 0.25) is 0 Å². The van der Waals surface area contributed by atoms with Crippen molar-refractivity contribution in [3.8, 4) is 5.75 Å². The molecule has 2 N–H and O–H groups in total. The van der Waals surface area contributed by atoms with Crippen LogP contribution in [0.15, 0.2) is 18.2 Å². The Kier molecular flexibility index (Phi) is 6.14. The topological polar surface area (TPSA) is 50.4 Å². The van der Waals surface area contributed by atoms with Crippen LogP contribution in [0, 0.1) is 6.92 Å². The molecule has 0 spiro atoms. The number of carbonyl (C=O) groups is 1. The largest absolute Gasteiger partial charge is 0.473 e. The Hall–Kier alpha value is -1.42. The second-order valence-electron chi connectivity index (χ2n) is 5.66. The van der Waals surface area contributed by atoms with Crippen molar-refractivity contribution in [3.63, 3.8) is 0 Å². The molecule has 112 valence electrons. The first-order valence-electron chi connectivity index (χ1n) is 6.66. The molecule has 4 nitrogen and oxygen atoms in total. The Bertz CT molecular complexity index is 456. The minimum Gasteiger partial charge on any atom is -0.473 e. The first-order valence-corrected chi connectivity index (χ1v) is 7.19. The van der Waals surface area contributed by atoms with Crippen LogP contribution in [-0.4, -0.2) is 25.2 Å². The predicted molar refractivity (Wildman–Crippen MR) is 82.6 cm³/mol. The molecule has 0 unspecified atom stereocenters. The molecule has 20 heavy (non-hydrogen) atoms. The van der Waals surface area contributed by atoms with Gasteiger partial charge in [0, 0.05) is 12.4 Å². The molecule has 0 heterocycles. The zero-order valence-electron chi connectivity index (χ0n) is 12.5. The van der Waals surface area contributed by atoms with Crippen molar-refractivity contribution >= 4 is 17.6 Å². The van der Waals surface area contributed by atoms with Gasteiger partial charge < -0.3 is 15.4 Å². The van der Waals surface area contributed by atoms with Crippen LogP contribution < -0.4 is 15.4 Å². The quantitative estimate of drug-likeness (QED) is 0.648. The third-order valence-corrected chi connectivity index (χ3v) is 2.97. The van der Waals surface area contributed by atoms with Crippen molar-refractivity contribution in [1.82, 2.24) is 10.6 Å². The SMILES string of the molecule is Cc1ccc(OCNC(=O)NCCCl)c(C(C)(C)C)c1. The average Bonchev–Trinajstić information content (AvgIpc) is 2.37. The van der Waals surface area contributed by atoms with Crippen molar-refractivity contribution in [2.24, 2.45) is 0 Å². The zero-order chi connectivity index (χ0) is 15.2. The molecular weight excluding hydrogens is 276 g/mol. The monoisotopic (exact) mass is 298 g/mol. The molecule has 0 aliphatic rings. The predicted octanol–water partition coefficient (Wildman–Crippen LogP) is 3.17. The van der Waals surface area contributed by atoms with Crippen molar-refractivity contribution < 1.29 is 9.53 Å². The fourth-order valence-electron chi connectivity index (χ4n) is 1.76. The average molecular weight is 299 g/mol. The molecule has 0 radical (unpaired) electrons. The van der Waals surface area contributed by atoms with Gasteiger partial charge in [0.1, 0.15) is 5.75 Å². The van der Waals surface area contributed by atoms with E-state index in [0.717, 1.165) is 11.3 Å². The number of hydrogen-bond donors (Lipinski definition) is 2. The molecule has 0 aromatic heterocycles. The molecule has 0 fully saturated rings. The van der Waals surface area contributed by atoms with E-state index in [9.17, 15) is 4.79 Å². The lowest BCUT2D eigenvalue weighted by atomic mass is 9.85. The van der Waals surface area contributed by atoms with Crippen LogP contribution in [0.25, 0.3) is 0 Å². The van der Waals surface area contributed by atoms with Gasteiger partial charge in [-0.25, -0.2) is 4.79 Å². The van der Waals surface area contributed by atoms with Crippen LogP contribution in [0.4, 0.5) is 4.79 Å². The van der Waals surface area contributed by atoms with Crippen LogP contribution in [0.3, 0.4) is 0 Å². The van der Waals surface area contributed by atoms with Crippen LogP contribution in [0.2, 0.25) is 0 Å². The first kappa shape index (κ1) is 16.6. The second-order valence-corrected chi connectivity index (χ2v) is 6.04. The maximum absolute atomic E-state index is 11.4. The highest BCUT2D eigenvalue weighted by atomic mass is 35.5. The standard InChI is InChI=1S/C15H23ClN2O2/c1-11-5-6-13(12(9-11)15(2,3)4)20-10-18-14(19)17-8-7-16/h5-6,9H,7-8,10H2,1-4H3,(H2,17,18,19). The number of alkyl halides is 1. The van der Waals surface area contributed by atoms with Gasteiger partial charge in [0.05, 0.1) is 0 Å². The van der Waals surface area contributed by atoms with Crippen molar-refractivity contribution in [2.45, 2.75) is 33.1 Å². The van der Waals surface area contributed by atoms with E-state index in [1.165, 1.54) is 5.56 Å². The number of nitrogens with one attached hydrogen (secondary N) is 2. The molecule has 1 rings (SSSR count). The molecule has 0 saturated carbocycles. The number of carbonyl (C=O) groups excluding carboxylic acids is 1. The van der Waals surface area contributed by atoms with E-state index in [-0.39, 0.29) is 18.2 Å². The Balaban J connectivity index is 2.62. The van der Waals surface area contributed by atoms with Crippen molar-refractivity contribution in [3.05, 3.63) is 29.3 Å². The van der Waals surface area contributed by atoms with E-state index in [2.05, 4.69) is 44.4 Å². The summed E-state index contributed by atoms with van der Waals surface area (Å²) in [4.78, 5) is 11.4. The lowest BCUT2D eigenvalue weighted by Gasteiger charge is -2.23. The number of aryl methyl sites for hydroxylation is 1. The maximum Gasteiger partial charge on any atom is 0.317 e. The summed E-state index contributed by atoms with van der Waals surface area (Å²) in [6.45, 7) is 9.02. The molecule has 5 heteroatoms. The molecule has 0 saturated heterocycles. The summed E-state index contributed by atoms with van der Waals surface area (Å²) in [5, 5.41) is 5.24. The van der Waals surface area contributed by atoms with E-state index in [4.69, 9.17) is 16.3 Å². The van der Waals surface area contributed by atoms with Crippen LogP contribution >= 0.6 is 11.6 Å². The van der Waals surface area contributed by atoms with Gasteiger partial charge in [0.25, 0.3) is 0 Å². The number of ether oxygens (including phenoxy) is 1. The lowest BCUT2D eigenvalue weighted by Crippen LogP contribution is -2.38. The summed E-state index contributed by atoms with van der Waals surface area (Å²) in [7, 11) is 0. The lowest BCUT2D eigenvalue weighted by molar-refractivity contribution is 0.223. The molecule has 0 aliphatic carbocycles. The first-order chi connectivity index (χ1) is 9.34.